The zero-order valence-electron chi connectivity index (χ0n) is 12.6. The number of sulfonamides is 1. The summed E-state index contributed by atoms with van der Waals surface area (Å²) in [6.07, 6.45) is -2.90. The molecule has 132 valence electrons. The molecule has 0 bridgehead atoms. The molecule has 1 aliphatic rings. The molecular formula is C14H20ClF3N2O2S. The van der Waals surface area contributed by atoms with E-state index in [2.05, 4.69) is 10.0 Å². The highest BCUT2D eigenvalue weighted by molar-refractivity contribution is 7.88. The van der Waals surface area contributed by atoms with Crippen molar-refractivity contribution in [3.63, 3.8) is 0 Å². The Morgan fingerprint density at radius 1 is 1.35 bits per heavy atom. The lowest BCUT2D eigenvalue weighted by atomic mass is 10.0. The zero-order chi connectivity index (χ0) is 16.4. The summed E-state index contributed by atoms with van der Waals surface area (Å²) in [5.41, 5.74) is -0.716. The van der Waals surface area contributed by atoms with Crippen LogP contribution in [-0.4, -0.2) is 27.0 Å². The second kappa shape index (κ2) is 7.83. The number of hydrogen-bond donors (Lipinski definition) is 2. The van der Waals surface area contributed by atoms with E-state index in [0.717, 1.165) is 31.5 Å². The van der Waals surface area contributed by atoms with Gasteiger partial charge in [-0.25, -0.2) is 13.1 Å². The third kappa shape index (κ3) is 5.95. The first kappa shape index (κ1) is 20.2. The van der Waals surface area contributed by atoms with Gasteiger partial charge in [0.2, 0.25) is 10.0 Å². The van der Waals surface area contributed by atoms with Gasteiger partial charge in [0.05, 0.1) is 11.3 Å². The largest absolute Gasteiger partial charge is 0.416 e. The van der Waals surface area contributed by atoms with Crippen molar-refractivity contribution in [2.75, 3.05) is 6.54 Å². The molecule has 0 aliphatic carbocycles. The fourth-order valence-corrected chi connectivity index (χ4v) is 4.02. The van der Waals surface area contributed by atoms with Crippen molar-refractivity contribution in [1.82, 2.24) is 10.0 Å². The number of rotatable bonds is 4. The first-order chi connectivity index (χ1) is 10.2. The SMILES string of the molecule is CC1NCCCC1NS(=O)(=O)Cc1cccc(C(F)(F)F)c1.Cl. The van der Waals surface area contributed by atoms with Gasteiger partial charge in [-0.1, -0.05) is 18.2 Å². The van der Waals surface area contributed by atoms with E-state index in [4.69, 9.17) is 0 Å². The van der Waals surface area contributed by atoms with Gasteiger partial charge >= 0.3 is 6.18 Å². The average Bonchev–Trinajstić information content (AvgIpc) is 2.40. The molecule has 0 saturated carbocycles. The second-order valence-electron chi connectivity index (χ2n) is 5.57. The predicted molar refractivity (Wildman–Crippen MR) is 84.9 cm³/mol. The molecule has 1 aromatic carbocycles. The van der Waals surface area contributed by atoms with E-state index in [-0.39, 0.29) is 30.1 Å². The Labute approximate surface area is 140 Å². The molecule has 0 amide bonds. The number of halogens is 4. The number of piperidine rings is 1. The zero-order valence-corrected chi connectivity index (χ0v) is 14.2. The van der Waals surface area contributed by atoms with Crippen LogP contribution >= 0.6 is 12.4 Å². The lowest BCUT2D eigenvalue weighted by molar-refractivity contribution is -0.137. The van der Waals surface area contributed by atoms with Crippen molar-refractivity contribution >= 4 is 22.4 Å². The van der Waals surface area contributed by atoms with Crippen LogP contribution in [0.3, 0.4) is 0 Å². The van der Waals surface area contributed by atoms with Crippen LogP contribution in [0.2, 0.25) is 0 Å². The average molecular weight is 373 g/mol. The molecule has 0 spiro atoms. The van der Waals surface area contributed by atoms with Gasteiger partial charge in [-0.15, -0.1) is 12.4 Å². The maximum Gasteiger partial charge on any atom is 0.416 e. The molecule has 1 heterocycles. The van der Waals surface area contributed by atoms with Gasteiger partial charge in [-0.2, -0.15) is 13.2 Å². The molecular weight excluding hydrogens is 353 g/mol. The number of nitrogens with one attached hydrogen (secondary N) is 2. The molecule has 1 saturated heterocycles. The number of alkyl halides is 3. The van der Waals surface area contributed by atoms with Crippen LogP contribution in [-0.2, 0) is 22.0 Å². The van der Waals surface area contributed by atoms with Gasteiger partial charge < -0.3 is 5.32 Å². The maximum absolute atomic E-state index is 12.7. The van der Waals surface area contributed by atoms with Gasteiger partial charge in [-0.3, -0.25) is 0 Å². The first-order valence-electron chi connectivity index (χ1n) is 7.07. The van der Waals surface area contributed by atoms with Crippen molar-refractivity contribution in [3.05, 3.63) is 35.4 Å². The molecule has 2 atom stereocenters. The van der Waals surface area contributed by atoms with Crippen molar-refractivity contribution in [2.24, 2.45) is 0 Å². The molecule has 0 radical (unpaired) electrons. The summed E-state index contributed by atoms with van der Waals surface area (Å²) in [7, 11) is -3.69. The van der Waals surface area contributed by atoms with Gasteiger partial charge in [0.15, 0.2) is 0 Å². The minimum atomic E-state index is -4.48. The highest BCUT2D eigenvalue weighted by Gasteiger charge is 2.31. The van der Waals surface area contributed by atoms with E-state index in [1.807, 2.05) is 6.92 Å². The first-order valence-corrected chi connectivity index (χ1v) is 8.72. The Balaban J connectivity index is 0.00000264. The monoisotopic (exact) mass is 372 g/mol. The lowest BCUT2D eigenvalue weighted by Crippen LogP contribution is -2.52. The van der Waals surface area contributed by atoms with Gasteiger partial charge in [-0.05, 0) is 37.9 Å². The molecule has 1 aliphatic heterocycles. The van der Waals surface area contributed by atoms with Crippen molar-refractivity contribution < 1.29 is 21.6 Å². The Morgan fingerprint density at radius 2 is 2.04 bits per heavy atom. The summed E-state index contributed by atoms with van der Waals surface area (Å²) >= 11 is 0. The fourth-order valence-electron chi connectivity index (χ4n) is 2.53. The van der Waals surface area contributed by atoms with E-state index in [1.165, 1.54) is 12.1 Å². The van der Waals surface area contributed by atoms with E-state index < -0.39 is 27.5 Å². The van der Waals surface area contributed by atoms with Gasteiger partial charge in [0.25, 0.3) is 0 Å². The summed E-state index contributed by atoms with van der Waals surface area (Å²) in [6.45, 7) is 2.73. The normalized spacial score (nSPS) is 22.4. The van der Waals surface area contributed by atoms with Crippen molar-refractivity contribution in [1.29, 1.82) is 0 Å². The molecule has 0 aromatic heterocycles. The smallest absolute Gasteiger partial charge is 0.313 e. The van der Waals surface area contributed by atoms with Crippen LogP contribution in [0.4, 0.5) is 13.2 Å². The van der Waals surface area contributed by atoms with E-state index in [1.54, 1.807) is 0 Å². The van der Waals surface area contributed by atoms with E-state index in [0.29, 0.717) is 0 Å². The molecule has 2 unspecified atom stereocenters. The third-order valence-corrected chi connectivity index (χ3v) is 5.08. The Kier molecular flexibility index (Phi) is 6.88. The molecule has 1 aromatic rings. The highest BCUT2D eigenvalue weighted by Crippen LogP contribution is 2.29. The quantitative estimate of drug-likeness (QED) is 0.854. The minimum absolute atomic E-state index is 0. The van der Waals surface area contributed by atoms with Crippen molar-refractivity contribution in [3.8, 4) is 0 Å². The van der Waals surface area contributed by atoms with Crippen LogP contribution in [0, 0.1) is 0 Å². The topological polar surface area (TPSA) is 58.2 Å². The Hall–Kier alpha value is -0.830. The van der Waals surface area contributed by atoms with Gasteiger partial charge in [0.1, 0.15) is 0 Å². The van der Waals surface area contributed by atoms with E-state index in [9.17, 15) is 21.6 Å². The fraction of sp³-hybridized carbons (Fsp3) is 0.571. The maximum atomic E-state index is 12.7. The van der Waals surface area contributed by atoms with Crippen LogP contribution in [0.25, 0.3) is 0 Å². The van der Waals surface area contributed by atoms with Crippen LogP contribution in [0.15, 0.2) is 24.3 Å². The van der Waals surface area contributed by atoms with Gasteiger partial charge in [0, 0.05) is 12.1 Å². The second-order valence-corrected chi connectivity index (χ2v) is 7.32. The van der Waals surface area contributed by atoms with Crippen LogP contribution in [0.1, 0.15) is 30.9 Å². The minimum Gasteiger partial charge on any atom is -0.313 e. The Morgan fingerprint density at radius 3 is 2.65 bits per heavy atom. The highest BCUT2D eigenvalue weighted by atomic mass is 35.5. The molecule has 2 N–H and O–H groups in total. The lowest BCUT2D eigenvalue weighted by Gasteiger charge is -2.30. The molecule has 1 fully saturated rings. The Bertz CT molecular complexity index is 623. The summed E-state index contributed by atoms with van der Waals surface area (Å²) in [6, 6.07) is 4.18. The standard InChI is InChI=1S/C14H19F3N2O2S.ClH/c1-10-13(6-3-7-18-10)19-22(20,21)9-11-4-2-5-12(8-11)14(15,16)17;/h2,4-5,8,10,13,18-19H,3,6-7,9H2,1H3;1H. The summed E-state index contributed by atoms with van der Waals surface area (Å²) in [4.78, 5) is 0. The summed E-state index contributed by atoms with van der Waals surface area (Å²) < 4.78 is 64.8. The third-order valence-electron chi connectivity index (χ3n) is 3.70. The number of hydrogen-bond acceptors (Lipinski definition) is 3. The number of benzene rings is 1. The van der Waals surface area contributed by atoms with Crippen LogP contribution < -0.4 is 10.0 Å². The predicted octanol–water partition coefficient (Wildman–Crippen LogP) is 2.69. The summed E-state index contributed by atoms with van der Waals surface area (Å²) in [5, 5.41) is 3.17. The summed E-state index contributed by atoms with van der Waals surface area (Å²) in [5.74, 6) is -0.458. The molecule has 4 nitrogen and oxygen atoms in total. The molecule has 2 rings (SSSR count). The molecule has 9 heteroatoms. The van der Waals surface area contributed by atoms with E-state index >= 15 is 0 Å². The molecule has 23 heavy (non-hydrogen) atoms. The van der Waals surface area contributed by atoms with Crippen molar-refractivity contribution in [2.45, 2.75) is 43.8 Å². The van der Waals surface area contributed by atoms with Crippen LogP contribution in [0.5, 0.6) is 0 Å².